The van der Waals surface area contributed by atoms with Crippen LogP contribution in [0.1, 0.15) is 18.1 Å². The Morgan fingerprint density at radius 1 is 1.44 bits per heavy atom. The number of halogens is 1. The molecule has 3 nitrogen and oxygen atoms in total. The highest BCUT2D eigenvalue weighted by Gasteiger charge is 2.00. The highest BCUT2D eigenvalue weighted by Crippen LogP contribution is 2.16. The molecule has 0 saturated carbocycles. The van der Waals surface area contributed by atoms with Crippen LogP contribution in [0.25, 0.3) is 0 Å². The average molecular weight is 308 g/mol. The van der Waals surface area contributed by atoms with Crippen LogP contribution >= 0.6 is 15.9 Å². The topological polar surface area (TPSA) is 36.4 Å². The highest BCUT2D eigenvalue weighted by atomic mass is 79.9. The van der Waals surface area contributed by atoms with E-state index >= 15 is 0 Å². The maximum atomic E-state index is 5.22. The molecule has 0 saturated heterocycles. The first-order valence-corrected chi connectivity index (χ1v) is 6.67. The van der Waals surface area contributed by atoms with E-state index in [-0.39, 0.29) is 0 Å². The van der Waals surface area contributed by atoms with E-state index in [9.17, 15) is 0 Å². The molecule has 0 radical (unpaired) electrons. The van der Waals surface area contributed by atoms with Crippen molar-refractivity contribution in [2.45, 2.75) is 20.4 Å². The number of rotatable bonds is 4. The van der Waals surface area contributed by atoms with Crippen molar-refractivity contribution in [1.82, 2.24) is 10.6 Å². The fourth-order valence-electron chi connectivity index (χ4n) is 1.48. The molecule has 0 amide bonds. The Labute approximate surface area is 117 Å². The van der Waals surface area contributed by atoms with E-state index in [4.69, 9.17) is 6.42 Å². The second kappa shape index (κ2) is 7.78. The van der Waals surface area contributed by atoms with Crippen molar-refractivity contribution in [3.05, 3.63) is 33.8 Å². The number of nitrogens with zero attached hydrogens (tertiary/aromatic N) is 1. The molecule has 0 spiro atoms. The smallest absolute Gasteiger partial charge is 0.192 e. The Balaban J connectivity index is 2.71. The summed E-state index contributed by atoms with van der Waals surface area (Å²) >= 11 is 3.45. The maximum absolute atomic E-state index is 5.22. The van der Waals surface area contributed by atoms with Gasteiger partial charge in [0.05, 0.1) is 13.1 Å². The van der Waals surface area contributed by atoms with E-state index in [1.165, 1.54) is 11.1 Å². The van der Waals surface area contributed by atoms with Crippen LogP contribution in [-0.2, 0) is 6.54 Å². The molecule has 4 heteroatoms. The molecule has 0 fully saturated rings. The van der Waals surface area contributed by atoms with E-state index in [0.29, 0.717) is 13.1 Å². The summed E-state index contributed by atoms with van der Waals surface area (Å²) in [6, 6.07) is 6.19. The number of aryl methyl sites for hydroxylation is 1. The summed E-state index contributed by atoms with van der Waals surface area (Å²) < 4.78 is 1.09. The van der Waals surface area contributed by atoms with Crippen LogP contribution in [0.4, 0.5) is 0 Å². The van der Waals surface area contributed by atoms with Gasteiger partial charge in [0.15, 0.2) is 5.96 Å². The molecule has 1 aromatic rings. The Morgan fingerprint density at radius 2 is 2.22 bits per heavy atom. The molecule has 0 aliphatic carbocycles. The lowest BCUT2D eigenvalue weighted by Gasteiger charge is -2.09. The maximum Gasteiger partial charge on any atom is 0.192 e. The van der Waals surface area contributed by atoms with Gasteiger partial charge >= 0.3 is 0 Å². The zero-order valence-corrected chi connectivity index (χ0v) is 12.3. The number of nitrogens with one attached hydrogen (secondary N) is 2. The normalized spacial score (nSPS) is 10.9. The first-order valence-electron chi connectivity index (χ1n) is 5.88. The first-order chi connectivity index (χ1) is 8.67. The Hall–Kier alpha value is -1.47. The predicted molar refractivity (Wildman–Crippen MR) is 80.5 cm³/mol. The second-order valence-corrected chi connectivity index (χ2v) is 4.74. The van der Waals surface area contributed by atoms with E-state index in [0.717, 1.165) is 17.0 Å². The van der Waals surface area contributed by atoms with Gasteiger partial charge in [-0.1, -0.05) is 27.9 Å². The van der Waals surface area contributed by atoms with Crippen molar-refractivity contribution in [2.75, 3.05) is 13.1 Å². The van der Waals surface area contributed by atoms with Gasteiger partial charge in [-0.05, 0) is 37.1 Å². The number of hydrogen-bond acceptors (Lipinski definition) is 1. The largest absolute Gasteiger partial charge is 0.357 e. The summed E-state index contributed by atoms with van der Waals surface area (Å²) in [5.41, 5.74) is 2.43. The molecule has 0 aliphatic rings. The van der Waals surface area contributed by atoms with Crippen LogP contribution in [0.2, 0.25) is 0 Å². The van der Waals surface area contributed by atoms with Crippen LogP contribution in [0.15, 0.2) is 27.7 Å². The minimum Gasteiger partial charge on any atom is -0.357 e. The Morgan fingerprint density at radius 3 is 2.83 bits per heavy atom. The molecule has 0 aliphatic heterocycles. The number of benzene rings is 1. The molecule has 0 aromatic heterocycles. The average Bonchev–Trinajstić information content (AvgIpc) is 2.34. The highest BCUT2D eigenvalue weighted by molar-refractivity contribution is 9.10. The quantitative estimate of drug-likeness (QED) is 0.509. The standard InChI is InChI=1S/C14H18BrN3/c1-4-8-17-14(16-5-2)18-10-12-6-7-13(15)9-11(12)3/h1,6-7,9H,5,8,10H2,2-3H3,(H2,16,17,18). The number of terminal acetylenes is 1. The molecular weight excluding hydrogens is 290 g/mol. The zero-order valence-electron chi connectivity index (χ0n) is 10.8. The van der Waals surface area contributed by atoms with E-state index in [1.54, 1.807) is 0 Å². The van der Waals surface area contributed by atoms with Crippen LogP contribution < -0.4 is 10.6 Å². The van der Waals surface area contributed by atoms with E-state index < -0.39 is 0 Å². The number of guanidine groups is 1. The van der Waals surface area contributed by atoms with Gasteiger partial charge in [-0.3, -0.25) is 0 Å². The summed E-state index contributed by atoms with van der Waals surface area (Å²) in [6.07, 6.45) is 5.22. The SMILES string of the molecule is C#CCNC(=NCc1ccc(Br)cc1C)NCC. The molecule has 96 valence electrons. The lowest BCUT2D eigenvalue weighted by molar-refractivity contribution is 0.863. The molecule has 18 heavy (non-hydrogen) atoms. The summed E-state index contributed by atoms with van der Waals surface area (Å²) in [4.78, 5) is 4.50. The number of hydrogen-bond donors (Lipinski definition) is 2. The molecule has 1 aromatic carbocycles. The van der Waals surface area contributed by atoms with Crippen LogP contribution in [0.3, 0.4) is 0 Å². The third kappa shape index (κ3) is 4.80. The van der Waals surface area contributed by atoms with E-state index in [2.05, 4.69) is 56.5 Å². The van der Waals surface area contributed by atoms with E-state index in [1.807, 2.05) is 13.0 Å². The van der Waals surface area contributed by atoms with Crippen LogP contribution in [0.5, 0.6) is 0 Å². The fraction of sp³-hybridized carbons (Fsp3) is 0.357. The first kappa shape index (κ1) is 14.6. The van der Waals surface area contributed by atoms with Crippen molar-refractivity contribution < 1.29 is 0 Å². The van der Waals surface area contributed by atoms with Crippen molar-refractivity contribution in [3.63, 3.8) is 0 Å². The van der Waals surface area contributed by atoms with Gasteiger partial charge in [-0.25, -0.2) is 4.99 Å². The molecule has 0 atom stereocenters. The summed E-state index contributed by atoms with van der Waals surface area (Å²) in [7, 11) is 0. The van der Waals surface area contributed by atoms with Gasteiger partial charge in [-0.2, -0.15) is 0 Å². The Bertz CT molecular complexity index is 461. The minimum absolute atomic E-state index is 0.477. The van der Waals surface area contributed by atoms with Crippen molar-refractivity contribution >= 4 is 21.9 Å². The molecular formula is C14H18BrN3. The van der Waals surface area contributed by atoms with Gasteiger partial charge in [0.2, 0.25) is 0 Å². The summed E-state index contributed by atoms with van der Waals surface area (Å²) in [6.45, 7) is 6.04. The molecule has 0 heterocycles. The molecule has 2 N–H and O–H groups in total. The van der Waals surface area contributed by atoms with Gasteiger partial charge in [0.1, 0.15) is 0 Å². The Kier molecular flexibility index (Phi) is 6.31. The van der Waals surface area contributed by atoms with Gasteiger partial charge in [0, 0.05) is 11.0 Å². The number of aliphatic imine (C=N–C) groups is 1. The summed E-state index contributed by atoms with van der Waals surface area (Å²) in [5.74, 6) is 3.28. The predicted octanol–water partition coefficient (Wildman–Crippen LogP) is 2.45. The lowest BCUT2D eigenvalue weighted by Crippen LogP contribution is -2.37. The third-order valence-corrected chi connectivity index (χ3v) is 2.91. The van der Waals surface area contributed by atoms with Gasteiger partial charge in [-0.15, -0.1) is 6.42 Å². The van der Waals surface area contributed by atoms with Crippen molar-refractivity contribution in [1.29, 1.82) is 0 Å². The van der Waals surface area contributed by atoms with Crippen LogP contribution in [-0.4, -0.2) is 19.0 Å². The molecule has 0 unspecified atom stereocenters. The van der Waals surface area contributed by atoms with Gasteiger partial charge < -0.3 is 10.6 Å². The lowest BCUT2D eigenvalue weighted by atomic mass is 10.1. The van der Waals surface area contributed by atoms with Crippen molar-refractivity contribution in [3.8, 4) is 12.3 Å². The molecule has 1 rings (SSSR count). The second-order valence-electron chi connectivity index (χ2n) is 3.82. The monoisotopic (exact) mass is 307 g/mol. The molecule has 0 bridgehead atoms. The fourth-order valence-corrected chi connectivity index (χ4v) is 1.95. The van der Waals surface area contributed by atoms with Crippen molar-refractivity contribution in [2.24, 2.45) is 4.99 Å². The van der Waals surface area contributed by atoms with Gasteiger partial charge in [0.25, 0.3) is 0 Å². The zero-order chi connectivity index (χ0) is 13.4. The minimum atomic E-state index is 0.477. The van der Waals surface area contributed by atoms with Crippen LogP contribution in [0, 0.1) is 19.3 Å². The third-order valence-electron chi connectivity index (χ3n) is 2.41. The summed E-state index contributed by atoms with van der Waals surface area (Å²) in [5, 5.41) is 6.22.